The lowest BCUT2D eigenvalue weighted by Crippen LogP contribution is -2.07. The zero-order valence-corrected chi connectivity index (χ0v) is 13.2. The summed E-state index contributed by atoms with van der Waals surface area (Å²) < 4.78 is 21.4. The Morgan fingerprint density at radius 3 is 2.83 bits per heavy atom. The van der Waals surface area contributed by atoms with Gasteiger partial charge >= 0.3 is 5.97 Å². The third-order valence-electron chi connectivity index (χ3n) is 3.46. The average molecular weight is 324 g/mol. The van der Waals surface area contributed by atoms with Gasteiger partial charge in [-0.3, -0.25) is 0 Å². The second kappa shape index (κ2) is 6.91. The number of ether oxygens (including phenoxy) is 3. The summed E-state index contributed by atoms with van der Waals surface area (Å²) in [4.78, 5) is 11.0. The molecule has 2 aromatic carbocycles. The molecule has 1 heterocycles. The van der Waals surface area contributed by atoms with E-state index < -0.39 is 5.97 Å². The molecule has 0 bridgehead atoms. The minimum absolute atomic E-state index is 0.184. The number of para-hydroxylation sites is 1. The summed E-state index contributed by atoms with van der Waals surface area (Å²) in [6.07, 6.45) is 1.08. The monoisotopic (exact) mass is 324 g/mol. The smallest absolute Gasteiger partial charge is 0.333 e. The normalized spacial score (nSPS) is 10.4. The van der Waals surface area contributed by atoms with Crippen LogP contribution in [-0.4, -0.2) is 19.9 Å². The van der Waals surface area contributed by atoms with E-state index >= 15 is 0 Å². The number of hydrogen-bond acceptors (Lipinski definition) is 5. The van der Waals surface area contributed by atoms with Crippen LogP contribution in [0, 0.1) is 0 Å². The summed E-state index contributed by atoms with van der Waals surface area (Å²) in [5, 5.41) is 0.936. The Hall–Kier alpha value is -3.21. The molecule has 0 amide bonds. The fourth-order valence-electron chi connectivity index (χ4n) is 2.30. The molecule has 0 aliphatic carbocycles. The Morgan fingerprint density at radius 1 is 1.21 bits per heavy atom. The molecule has 3 rings (SSSR count). The molecule has 0 radical (unpaired) electrons. The summed E-state index contributed by atoms with van der Waals surface area (Å²) in [6, 6.07) is 15.0. The van der Waals surface area contributed by atoms with Crippen molar-refractivity contribution < 1.29 is 23.4 Å². The first kappa shape index (κ1) is 15.7. The number of rotatable bonds is 6. The Bertz CT molecular complexity index is 878. The van der Waals surface area contributed by atoms with Crippen molar-refractivity contribution in [3.05, 3.63) is 61.2 Å². The molecular formula is C19H16O5. The van der Waals surface area contributed by atoms with E-state index in [1.54, 1.807) is 19.2 Å². The molecule has 24 heavy (non-hydrogen) atoms. The number of esters is 1. The molecule has 0 fully saturated rings. The molecule has 0 saturated carbocycles. The van der Waals surface area contributed by atoms with Crippen molar-refractivity contribution in [2.75, 3.05) is 13.9 Å². The molecule has 0 spiro atoms. The highest BCUT2D eigenvalue weighted by Crippen LogP contribution is 2.34. The molecule has 0 aliphatic rings. The summed E-state index contributed by atoms with van der Waals surface area (Å²) in [5.74, 6) is 1.45. The van der Waals surface area contributed by atoms with Crippen molar-refractivity contribution in [2.45, 2.75) is 0 Å². The van der Waals surface area contributed by atoms with Gasteiger partial charge < -0.3 is 18.6 Å². The topological polar surface area (TPSA) is 57.9 Å². The largest absolute Gasteiger partial charge is 0.496 e. The summed E-state index contributed by atoms with van der Waals surface area (Å²) in [5.41, 5.74) is 1.54. The van der Waals surface area contributed by atoms with Crippen LogP contribution in [0.25, 0.3) is 22.3 Å². The number of fused-ring (bicyclic) bond motifs is 1. The minimum atomic E-state index is -0.535. The second-order valence-electron chi connectivity index (χ2n) is 4.94. The van der Waals surface area contributed by atoms with Crippen LogP contribution in [0.15, 0.2) is 65.6 Å². The lowest BCUT2D eigenvalue weighted by Gasteiger charge is -2.05. The predicted octanol–water partition coefficient (Wildman–Crippen LogP) is 4.17. The van der Waals surface area contributed by atoms with E-state index in [0.29, 0.717) is 17.1 Å². The number of carbonyl (C=O) groups is 1. The lowest BCUT2D eigenvalue weighted by molar-refractivity contribution is -0.144. The molecule has 0 atom stereocenters. The predicted molar refractivity (Wildman–Crippen MR) is 90.0 cm³/mol. The molecule has 0 saturated heterocycles. The number of benzene rings is 2. The standard InChI is InChI=1S/C19H16O5/c1-3-19(20)23-12-22-14-9-8-13-10-18(24-17(13)11-14)15-6-4-5-7-16(15)21-2/h3-11H,1,12H2,2H3. The Kier molecular flexibility index (Phi) is 4.52. The highest BCUT2D eigenvalue weighted by Gasteiger charge is 2.11. The molecular weight excluding hydrogens is 308 g/mol. The number of hydrogen-bond donors (Lipinski definition) is 0. The maximum atomic E-state index is 11.0. The Balaban J connectivity index is 1.84. The van der Waals surface area contributed by atoms with Gasteiger partial charge in [-0.2, -0.15) is 0 Å². The fourth-order valence-corrected chi connectivity index (χ4v) is 2.30. The molecule has 0 aliphatic heterocycles. The van der Waals surface area contributed by atoms with Gasteiger partial charge in [-0.05, 0) is 30.3 Å². The molecule has 5 nitrogen and oxygen atoms in total. The summed E-state index contributed by atoms with van der Waals surface area (Å²) in [7, 11) is 1.62. The summed E-state index contributed by atoms with van der Waals surface area (Å²) >= 11 is 0. The van der Waals surface area contributed by atoms with Crippen molar-refractivity contribution in [3.63, 3.8) is 0 Å². The van der Waals surface area contributed by atoms with Crippen LogP contribution in [0.5, 0.6) is 11.5 Å². The van der Waals surface area contributed by atoms with Crippen LogP contribution in [0.3, 0.4) is 0 Å². The first-order chi connectivity index (χ1) is 11.7. The molecule has 3 aromatic rings. The van der Waals surface area contributed by atoms with Crippen molar-refractivity contribution in [1.82, 2.24) is 0 Å². The highest BCUT2D eigenvalue weighted by molar-refractivity contribution is 5.85. The van der Waals surface area contributed by atoms with Gasteiger partial charge in [0, 0.05) is 17.5 Å². The summed E-state index contributed by atoms with van der Waals surface area (Å²) in [6.45, 7) is 3.13. The van der Waals surface area contributed by atoms with Crippen LogP contribution in [0.4, 0.5) is 0 Å². The first-order valence-electron chi connectivity index (χ1n) is 7.30. The molecule has 1 aromatic heterocycles. The maximum absolute atomic E-state index is 11.0. The maximum Gasteiger partial charge on any atom is 0.333 e. The first-order valence-corrected chi connectivity index (χ1v) is 7.30. The molecule has 0 unspecified atom stereocenters. The van der Waals surface area contributed by atoms with Crippen molar-refractivity contribution in [3.8, 4) is 22.8 Å². The van der Waals surface area contributed by atoms with Crippen LogP contribution in [-0.2, 0) is 9.53 Å². The lowest BCUT2D eigenvalue weighted by atomic mass is 10.1. The molecule has 0 N–H and O–H groups in total. The van der Waals surface area contributed by atoms with E-state index in [-0.39, 0.29) is 6.79 Å². The van der Waals surface area contributed by atoms with Crippen molar-refractivity contribution in [1.29, 1.82) is 0 Å². The van der Waals surface area contributed by atoms with Crippen LogP contribution in [0.1, 0.15) is 0 Å². The van der Waals surface area contributed by atoms with Crippen LogP contribution >= 0.6 is 0 Å². The zero-order valence-electron chi connectivity index (χ0n) is 13.2. The van der Waals surface area contributed by atoms with E-state index in [4.69, 9.17) is 18.6 Å². The SMILES string of the molecule is C=CC(=O)OCOc1ccc2cc(-c3ccccc3OC)oc2c1. The van der Waals surface area contributed by atoms with Gasteiger partial charge in [0.25, 0.3) is 0 Å². The van der Waals surface area contributed by atoms with Gasteiger partial charge in [0.15, 0.2) is 0 Å². The number of carbonyl (C=O) groups excluding carboxylic acids is 1. The fraction of sp³-hybridized carbons (Fsp3) is 0.105. The quantitative estimate of drug-likeness (QED) is 0.387. The number of furan rings is 1. The van der Waals surface area contributed by atoms with E-state index in [1.807, 2.05) is 36.4 Å². The van der Waals surface area contributed by atoms with E-state index in [1.165, 1.54) is 0 Å². The van der Waals surface area contributed by atoms with Crippen molar-refractivity contribution in [2.24, 2.45) is 0 Å². The van der Waals surface area contributed by atoms with Gasteiger partial charge in [-0.1, -0.05) is 18.7 Å². The zero-order chi connectivity index (χ0) is 16.9. The van der Waals surface area contributed by atoms with E-state index in [9.17, 15) is 4.79 Å². The second-order valence-corrected chi connectivity index (χ2v) is 4.94. The van der Waals surface area contributed by atoms with Crippen LogP contribution in [0.2, 0.25) is 0 Å². The Morgan fingerprint density at radius 2 is 2.04 bits per heavy atom. The molecule has 5 heteroatoms. The molecule has 122 valence electrons. The average Bonchev–Trinajstić information content (AvgIpc) is 3.04. The van der Waals surface area contributed by atoms with Gasteiger partial charge in [0.05, 0.1) is 12.7 Å². The Labute approximate surface area is 139 Å². The van der Waals surface area contributed by atoms with Crippen molar-refractivity contribution >= 4 is 16.9 Å². The highest BCUT2D eigenvalue weighted by atomic mass is 16.7. The van der Waals surface area contributed by atoms with Gasteiger partial charge in [-0.25, -0.2) is 4.79 Å². The third kappa shape index (κ3) is 3.25. The van der Waals surface area contributed by atoms with Gasteiger partial charge in [0.2, 0.25) is 6.79 Å². The number of methoxy groups -OCH3 is 1. The van der Waals surface area contributed by atoms with E-state index in [2.05, 4.69) is 6.58 Å². The van der Waals surface area contributed by atoms with E-state index in [0.717, 1.165) is 22.8 Å². The van der Waals surface area contributed by atoms with Crippen LogP contribution < -0.4 is 9.47 Å². The van der Waals surface area contributed by atoms with Gasteiger partial charge in [-0.15, -0.1) is 0 Å². The third-order valence-corrected chi connectivity index (χ3v) is 3.46. The minimum Gasteiger partial charge on any atom is -0.496 e. The van der Waals surface area contributed by atoms with Gasteiger partial charge in [0.1, 0.15) is 22.8 Å².